The first kappa shape index (κ1) is 23.8. The summed E-state index contributed by atoms with van der Waals surface area (Å²) >= 11 is 6.07. The molecule has 0 saturated heterocycles. The summed E-state index contributed by atoms with van der Waals surface area (Å²) < 4.78 is 27.6. The number of hydrogen-bond acceptors (Lipinski definition) is 2. The molecule has 38 heavy (non-hydrogen) atoms. The van der Waals surface area contributed by atoms with Crippen LogP contribution in [0.25, 0.3) is 6.08 Å². The van der Waals surface area contributed by atoms with Crippen molar-refractivity contribution in [3.8, 4) is 0 Å². The van der Waals surface area contributed by atoms with Crippen molar-refractivity contribution >= 4 is 40.9 Å². The van der Waals surface area contributed by atoms with E-state index in [9.17, 15) is 18.4 Å². The minimum absolute atomic E-state index is 0.181. The van der Waals surface area contributed by atoms with Gasteiger partial charge in [-0.15, -0.1) is 0 Å². The van der Waals surface area contributed by atoms with Crippen LogP contribution < -0.4 is 9.80 Å². The van der Waals surface area contributed by atoms with Crippen molar-refractivity contribution in [3.63, 3.8) is 0 Å². The predicted molar refractivity (Wildman–Crippen MR) is 143 cm³/mol. The maximum Gasteiger partial charge on any atom is 0.276 e. The third-order valence-corrected chi connectivity index (χ3v) is 6.89. The molecule has 0 fully saturated rings. The minimum Gasteiger partial charge on any atom is -0.295 e. The molecule has 0 bridgehead atoms. The van der Waals surface area contributed by atoms with E-state index >= 15 is 0 Å². The Bertz CT molecular complexity index is 1610. The zero-order chi connectivity index (χ0) is 26.4. The summed E-state index contributed by atoms with van der Waals surface area (Å²) in [6, 6.07) is 26.8. The van der Waals surface area contributed by atoms with Crippen molar-refractivity contribution in [2.24, 2.45) is 0 Å². The van der Waals surface area contributed by atoms with E-state index in [0.29, 0.717) is 27.5 Å². The van der Waals surface area contributed by atoms with Crippen molar-refractivity contribution in [2.45, 2.75) is 6.04 Å². The zero-order valence-corrected chi connectivity index (χ0v) is 20.6. The van der Waals surface area contributed by atoms with Crippen molar-refractivity contribution in [1.29, 1.82) is 0 Å². The number of halogens is 3. The van der Waals surface area contributed by atoms with E-state index in [2.05, 4.69) is 0 Å². The van der Waals surface area contributed by atoms with Crippen LogP contribution in [0.5, 0.6) is 0 Å². The predicted octanol–water partition coefficient (Wildman–Crippen LogP) is 7.09. The first-order chi connectivity index (χ1) is 18.4. The van der Waals surface area contributed by atoms with Gasteiger partial charge in [0, 0.05) is 27.5 Å². The van der Waals surface area contributed by atoms with Gasteiger partial charge in [-0.2, -0.15) is 0 Å². The summed E-state index contributed by atoms with van der Waals surface area (Å²) in [5.74, 6) is -1.70. The molecule has 4 aromatic carbocycles. The number of anilines is 2. The normalized spacial score (nSPS) is 18.1. The fraction of sp³-hybridized carbons (Fsp3) is 0.0323. The molecule has 0 aliphatic carbocycles. The molecule has 6 rings (SSSR count). The molecule has 2 amide bonds. The van der Waals surface area contributed by atoms with Crippen LogP contribution in [0, 0.1) is 11.6 Å². The number of carbonyl (C=O) groups is 2. The molecule has 2 aliphatic heterocycles. The maximum atomic E-state index is 14.2. The van der Waals surface area contributed by atoms with Gasteiger partial charge in [-0.05, 0) is 77.9 Å². The largest absolute Gasteiger partial charge is 0.295 e. The van der Waals surface area contributed by atoms with Crippen molar-refractivity contribution < 1.29 is 18.4 Å². The molecule has 186 valence electrons. The third-order valence-electron chi connectivity index (χ3n) is 6.64. The molecule has 0 aromatic heterocycles. The molecule has 0 unspecified atom stereocenters. The quantitative estimate of drug-likeness (QED) is 0.267. The second-order valence-electron chi connectivity index (χ2n) is 8.95. The first-order valence-corrected chi connectivity index (χ1v) is 12.3. The van der Waals surface area contributed by atoms with Crippen molar-refractivity contribution in [1.82, 2.24) is 0 Å². The molecular weight excluding hydrogens is 506 g/mol. The van der Waals surface area contributed by atoms with Gasteiger partial charge < -0.3 is 0 Å². The van der Waals surface area contributed by atoms with Crippen LogP contribution in [0.1, 0.15) is 17.2 Å². The van der Waals surface area contributed by atoms with Gasteiger partial charge in [0.2, 0.25) is 0 Å². The van der Waals surface area contributed by atoms with E-state index in [4.69, 9.17) is 11.6 Å². The van der Waals surface area contributed by atoms with Gasteiger partial charge in [-0.1, -0.05) is 54.1 Å². The van der Waals surface area contributed by atoms with Crippen LogP contribution in [-0.2, 0) is 9.59 Å². The number of rotatable bonds is 4. The van der Waals surface area contributed by atoms with Crippen LogP contribution >= 0.6 is 11.6 Å². The summed E-state index contributed by atoms with van der Waals surface area (Å²) in [6.45, 7) is 0. The van der Waals surface area contributed by atoms with Gasteiger partial charge in [0.15, 0.2) is 0 Å². The summed E-state index contributed by atoms with van der Waals surface area (Å²) in [5.41, 5.74) is 3.39. The van der Waals surface area contributed by atoms with Crippen molar-refractivity contribution in [3.05, 3.63) is 148 Å². The van der Waals surface area contributed by atoms with Crippen LogP contribution in [0.3, 0.4) is 0 Å². The number of hydrogen-bond donors (Lipinski definition) is 0. The fourth-order valence-corrected chi connectivity index (χ4v) is 5.08. The van der Waals surface area contributed by atoms with Crippen LogP contribution in [-0.4, -0.2) is 11.8 Å². The average Bonchev–Trinajstić information content (AvgIpc) is 3.38. The molecule has 7 heteroatoms. The van der Waals surface area contributed by atoms with E-state index in [0.717, 1.165) is 11.1 Å². The number of carbonyl (C=O) groups excluding carboxylic acids is 2. The lowest BCUT2D eigenvalue weighted by molar-refractivity contribution is -0.118. The Morgan fingerprint density at radius 1 is 0.684 bits per heavy atom. The number of benzene rings is 4. The van der Waals surface area contributed by atoms with Gasteiger partial charge in [0.05, 0.1) is 6.04 Å². The molecular formula is C31H19ClF2N2O2. The van der Waals surface area contributed by atoms with E-state index < -0.39 is 29.5 Å². The highest BCUT2D eigenvalue weighted by Crippen LogP contribution is 2.50. The lowest BCUT2D eigenvalue weighted by Crippen LogP contribution is -2.38. The molecule has 0 saturated carbocycles. The SMILES string of the molecule is O=C1/C(=C\c2ccc(Cl)cc2)C2=C(C(=O)N(c3ccc(F)cc3)[C@@H]2c2ccccc2)N1c1ccc(F)cc1. The highest BCUT2D eigenvalue weighted by Gasteiger charge is 2.52. The number of amides is 2. The Morgan fingerprint density at radius 2 is 1.26 bits per heavy atom. The second-order valence-corrected chi connectivity index (χ2v) is 9.39. The summed E-state index contributed by atoms with van der Waals surface area (Å²) in [6.07, 6.45) is 1.73. The smallest absolute Gasteiger partial charge is 0.276 e. The Hall–Kier alpha value is -4.55. The Balaban J connectivity index is 1.60. The highest BCUT2D eigenvalue weighted by molar-refractivity contribution is 6.31. The molecule has 0 N–H and O–H groups in total. The minimum atomic E-state index is -0.655. The molecule has 0 radical (unpaired) electrons. The molecule has 0 spiro atoms. The lowest BCUT2D eigenvalue weighted by atomic mass is 9.93. The molecule has 2 heterocycles. The topological polar surface area (TPSA) is 40.6 Å². The molecule has 4 aromatic rings. The van der Waals surface area contributed by atoms with Gasteiger partial charge in [-0.3, -0.25) is 19.4 Å². The van der Waals surface area contributed by atoms with E-state index in [1.807, 2.05) is 30.3 Å². The highest BCUT2D eigenvalue weighted by atomic mass is 35.5. The van der Waals surface area contributed by atoms with Crippen molar-refractivity contribution in [2.75, 3.05) is 9.80 Å². The standard InChI is InChI=1S/C31H19ClF2N2O2/c32-21-8-6-19(7-9-21)18-26-27-28(20-4-2-1-3-5-20)35(24-14-10-22(33)11-15-24)31(38)29(27)36(30(26)37)25-16-12-23(34)13-17-25/h1-18,28H/b26-18-/t28-/m1/s1. The number of nitrogens with zero attached hydrogens (tertiary/aromatic N) is 2. The molecule has 4 nitrogen and oxygen atoms in total. The fourth-order valence-electron chi connectivity index (χ4n) is 4.95. The molecule has 2 aliphatic rings. The van der Waals surface area contributed by atoms with Gasteiger partial charge in [0.25, 0.3) is 11.8 Å². The van der Waals surface area contributed by atoms with E-state index in [1.54, 1.807) is 35.2 Å². The van der Waals surface area contributed by atoms with E-state index in [-0.39, 0.29) is 5.70 Å². The maximum absolute atomic E-state index is 14.2. The Labute approximate surface area is 222 Å². The first-order valence-electron chi connectivity index (χ1n) is 11.9. The second kappa shape index (κ2) is 9.39. The Morgan fingerprint density at radius 3 is 1.87 bits per heavy atom. The lowest BCUT2D eigenvalue weighted by Gasteiger charge is -2.30. The van der Waals surface area contributed by atoms with Gasteiger partial charge >= 0.3 is 0 Å². The van der Waals surface area contributed by atoms with Crippen LogP contribution in [0.4, 0.5) is 20.2 Å². The third kappa shape index (κ3) is 3.99. The zero-order valence-electron chi connectivity index (χ0n) is 19.8. The van der Waals surface area contributed by atoms with Crippen LogP contribution in [0.2, 0.25) is 5.02 Å². The monoisotopic (exact) mass is 524 g/mol. The summed E-state index contributed by atoms with van der Waals surface area (Å²) in [4.78, 5) is 31.0. The van der Waals surface area contributed by atoms with Gasteiger partial charge in [-0.25, -0.2) is 8.78 Å². The average molecular weight is 525 g/mol. The summed E-state index contributed by atoms with van der Waals surface area (Å²) in [5, 5.41) is 0.554. The van der Waals surface area contributed by atoms with Gasteiger partial charge in [0.1, 0.15) is 17.3 Å². The Kier molecular flexibility index (Phi) is 5.89. The molecule has 1 atom stereocenters. The summed E-state index contributed by atoms with van der Waals surface area (Å²) in [7, 11) is 0. The van der Waals surface area contributed by atoms with E-state index in [1.165, 1.54) is 53.4 Å². The van der Waals surface area contributed by atoms with Crippen LogP contribution in [0.15, 0.2) is 120 Å².